The fraction of sp³-hybridized carbons (Fsp3) is 0.714. The summed E-state index contributed by atoms with van der Waals surface area (Å²) in [7, 11) is 3.50. The molecule has 0 saturated carbocycles. The number of isothiocyanates is 1. The second-order valence-corrected chi connectivity index (χ2v) is 3.40. The van der Waals surface area contributed by atoms with Crippen molar-refractivity contribution >= 4 is 23.2 Å². The van der Waals surface area contributed by atoms with E-state index < -0.39 is 17.1 Å². The summed E-state index contributed by atoms with van der Waals surface area (Å²) in [6, 6.07) is -1.01. The number of likely N-dealkylation sites (N-methyl/N-ethyl adjacent to an activating group) is 1. The zero-order valence-electron chi connectivity index (χ0n) is 8.38. The summed E-state index contributed by atoms with van der Waals surface area (Å²) in [6.45, 7) is 0.295. The lowest BCUT2D eigenvalue weighted by Crippen LogP contribution is -2.58. The van der Waals surface area contributed by atoms with Crippen LogP contribution in [-0.4, -0.2) is 53.8 Å². The molecule has 0 amide bonds. The van der Waals surface area contributed by atoms with Gasteiger partial charge in [-0.05, 0) is 26.3 Å². The van der Waals surface area contributed by atoms with Gasteiger partial charge >= 0.3 is 0 Å². The Bertz CT molecular complexity index is 336. The van der Waals surface area contributed by atoms with Gasteiger partial charge in [0.25, 0.3) is 6.04 Å². The van der Waals surface area contributed by atoms with Gasteiger partial charge in [-0.2, -0.15) is 4.99 Å². The molecule has 0 bridgehead atoms. The van der Waals surface area contributed by atoms with Crippen molar-refractivity contribution in [3.05, 3.63) is 10.1 Å². The summed E-state index contributed by atoms with van der Waals surface area (Å²) >= 11 is 4.42. The minimum absolute atomic E-state index is 0.118. The molecule has 1 rings (SSSR count). The predicted molar refractivity (Wildman–Crippen MR) is 58.7 cm³/mol. The summed E-state index contributed by atoms with van der Waals surface area (Å²) in [4.78, 5) is 19.7. The van der Waals surface area contributed by atoms with Gasteiger partial charge in [0, 0.05) is 4.92 Å². The van der Waals surface area contributed by atoms with Gasteiger partial charge in [0.15, 0.2) is 0 Å². The van der Waals surface area contributed by atoms with Crippen molar-refractivity contribution < 1.29 is 4.92 Å². The number of nitrogens with one attached hydrogen (secondary N) is 1. The van der Waals surface area contributed by atoms with Crippen molar-refractivity contribution in [1.29, 1.82) is 0 Å². The SMILES string of the molecule is CN(C)C1NCN=C(N=C=S)C1[N+](=O)[O-]. The number of thiocarbonyl (C=S) groups is 1. The van der Waals surface area contributed by atoms with Gasteiger partial charge < -0.3 is 0 Å². The van der Waals surface area contributed by atoms with Crippen molar-refractivity contribution in [3.63, 3.8) is 0 Å². The predicted octanol–water partition coefficient (Wildman–Crippen LogP) is -0.419. The maximum atomic E-state index is 10.9. The molecule has 0 aromatic carbocycles. The number of hydrogen-bond acceptors (Lipinski definition) is 7. The highest BCUT2D eigenvalue weighted by Crippen LogP contribution is 2.09. The number of hydrogen-bond donors (Lipinski definition) is 1. The average molecular weight is 229 g/mol. The molecule has 0 radical (unpaired) electrons. The third-order valence-corrected chi connectivity index (χ3v) is 2.14. The minimum Gasteiger partial charge on any atom is -0.288 e. The van der Waals surface area contributed by atoms with Gasteiger partial charge in [-0.1, -0.05) is 0 Å². The Morgan fingerprint density at radius 2 is 2.47 bits per heavy atom. The van der Waals surface area contributed by atoms with E-state index in [9.17, 15) is 10.1 Å². The van der Waals surface area contributed by atoms with Crippen LogP contribution in [0.15, 0.2) is 9.98 Å². The van der Waals surface area contributed by atoms with Gasteiger partial charge in [0.2, 0.25) is 5.84 Å². The maximum Gasteiger partial charge on any atom is 0.300 e. The minimum atomic E-state index is -1.01. The number of nitro groups is 1. The van der Waals surface area contributed by atoms with Gasteiger partial charge in [-0.25, -0.2) is 4.99 Å². The molecule has 0 saturated heterocycles. The van der Waals surface area contributed by atoms with E-state index in [0.717, 1.165) is 0 Å². The summed E-state index contributed by atoms with van der Waals surface area (Å²) in [5.41, 5.74) is 0. The van der Waals surface area contributed by atoms with Crippen LogP contribution in [-0.2, 0) is 0 Å². The maximum absolute atomic E-state index is 10.9. The van der Waals surface area contributed by atoms with Crippen LogP contribution in [0, 0.1) is 10.1 Å². The molecule has 1 heterocycles. The van der Waals surface area contributed by atoms with E-state index in [4.69, 9.17) is 0 Å². The molecule has 0 aliphatic carbocycles. The van der Waals surface area contributed by atoms with E-state index in [1.54, 1.807) is 19.0 Å². The Kier molecular flexibility index (Phi) is 3.98. The van der Waals surface area contributed by atoms with Crippen LogP contribution < -0.4 is 5.32 Å². The molecule has 7 nitrogen and oxygen atoms in total. The lowest BCUT2D eigenvalue weighted by molar-refractivity contribution is -0.512. The number of rotatable bonds is 2. The van der Waals surface area contributed by atoms with Gasteiger partial charge in [0.1, 0.15) is 6.17 Å². The van der Waals surface area contributed by atoms with E-state index in [-0.39, 0.29) is 5.84 Å². The average Bonchev–Trinajstić information content (AvgIpc) is 2.17. The highest BCUT2D eigenvalue weighted by molar-refractivity contribution is 7.78. The highest BCUT2D eigenvalue weighted by atomic mass is 32.1. The van der Waals surface area contributed by atoms with Crippen molar-refractivity contribution in [2.75, 3.05) is 20.8 Å². The summed E-state index contributed by atoms with van der Waals surface area (Å²) in [5.74, 6) is 0.118. The molecule has 0 fully saturated rings. The molecule has 15 heavy (non-hydrogen) atoms. The van der Waals surface area contributed by atoms with Crippen molar-refractivity contribution in [2.24, 2.45) is 9.98 Å². The quantitative estimate of drug-likeness (QED) is 0.301. The Labute approximate surface area is 92.0 Å². The fourth-order valence-corrected chi connectivity index (χ4v) is 1.48. The third-order valence-electron chi connectivity index (χ3n) is 2.05. The molecule has 1 aliphatic rings. The van der Waals surface area contributed by atoms with E-state index in [1.807, 2.05) is 0 Å². The molecule has 1 aliphatic heterocycles. The Morgan fingerprint density at radius 1 is 1.80 bits per heavy atom. The molecule has 0 aromatic rings. The summed E-state index contributed by atoms with van der Waals surface area (Å²) in [5, 5.41) is 15.9. The number of amidine groups is 1. The zero-order valence-corrected chi connectivity index (χ0v) is 9.19. The largest absolute Gasteiger partial charge is 0.300 e. The van der Waals surface area contributed by atoms with Crippen molar-refractivity contribution in [3.8, 4) is 0 Å². The number of nitrogens with zero attached hydrogens (tertiary/aromatic N) is 4. The van der Waals surface area contributed by atoms with E-state index >= 15 is 0 Å². The lowest BCUT2D eigenvalue weighted by atomic mass is 10.2. The van der Waals surface area contributed by atoms with Crippen LogP contribution in [0.2, 0.25) is 0 Å². The monoisotopic (exact) mass is 229 g/mol. The van der Waals surface area contributed by atoms with Gasteiger partial charge in [-0.15, -0.1) is 0 Å². The van der Waals surface area contributed by atoms with Crippen molar-refractivity contribution in [1.82, 2.24) is 10.2 Å². The Morgan fingerprint density at radius 3 is 2.93 bits per heavy atom. The first-order chi connectivity index (χ1) is 7.07. The molecule has 82 valence electrons. The zero-order chi connectivity index (χ0) is 11.4. The third kappa shape index (κ3) is 2.63. The highest BCUT2D eigenvalue weighted by Gasteiger charge is 2.40. The van der Waals surface area contributed by atoms with Crippen LogP contribution in [0.1, 0.15) is 0 Å². The molecular weight excluding hydrogens is 218 g/mol. The Balaban J connectivity index is 3.02. The van der Waals surface area contributed by atoms with Crippen molar-refractivity contribution in [2.45, 2.75) is 12.2 Å². The second kappa shape index (κ2) is 5.04. The molecule has 0 spiro atoms. The van der Waals surface area contributed by atoms with Crippen LogP contribution >= 0.6 is 12.2 Å². The van der Waals surface area contributed by atoms with Gasteiger partial charge in [-0.3, -0.25) is 20.3 Å². The van der Waals surface area contributed by atoms with Crippen LogP contribution in [0.25, 0.3) is 0 Å². The second-order valence-electron chi connectivity index (χ2n) is 3.22. The molecule has 2 unspecified atom stereocenters. The molecular formula is C7H11N5O2S. The molecule has 2 atom stereocenters. The summed E-state index contributed by atoms with van der Waals surface area (Å²) in [6.07, 6.45) is -0.431. The first-order valence-electron chi connectivity index (χ1n) is 4.23. The first-order valence-corrected chi connectivity index (χ1v) is 4.64. The van der Waals surface area contributed by atoms with Crippen LogP contribution in [0.4, 0.5) is 0 Å². The lowest BCUT2D eigenvalue weighted by Gasteiger charge is -2.29. The van der Waals surface area contributed by atoms with E-state index in [0.29, 0.717) is 6.67 Å². The van der Waals surface area contributed by atoms with Gasteiger partial charge in [0.05, 0.1) is 11.8 Å². The van der Waals surface area contributed by atoms with Crippen LogP contribution in [0.3, 0.4) is 0 Å². The molecule has 8 heteroatoms. The first kappa shape index (κ1) is 11.9. The Hall–Kier alpha value is -1.21. The normalized spacial score (nSPS) is 25.7. The smallest absolute Gasteiger partial charge is 0.288 e. The number of aliphatic imine (C=N–C) groups is 2. The topological polar surface area (TPSA) is 83.1 Å². The molecule has 1 N–H and O–H groups in total. The fourth-order valence-electron chi connectivity index (χ4n) is 1.39. The summed E-state index contributed by atoms with van der Waals surface area (Å²) < 4.78 is 0. The van der Waals surface area contributed by atoms with E-state index in [1.165, 1.54) is 0 Å². The molecule has 0 aromatic heterocycles. The van der Waals surface area contributed by atoms with Crippen LogP contribution in [0.5, 0.6) is 0 Å². The standard InChI is InChI=1S/C7H11N5O2S/c1-11(2)7-5(12(13)14)6(10-4-15)8-3-9-7/h5,7,9H,3H2,1-2H3. The van der Waals surface area contributed by atoms with E-state index in [2.05, 4.69) is 32.7 Å².